The maximum Gasteiger partial charge on any atom is 0.140 e. The first-order chi connectivity index (χ1) is 13.7. The zero-order chi connectivity index (χ0) is 19.0. The molecule has 2 aromatic carbocycles. The van der Waals surface area contributed by atoms with E-state index in [-0.39, 0.29) is 11.6 Å². The largest absolute Gasteiger partial charge is 0.376 e. The fourth-order valence-corrected chi connectivity index (χ4v) is 6.46. The molecule has 6 rings (SSSR count). The van der Waals surface area contributed by atoms with Crippen LogP contribution in [0.4, 0.5) is 10.1 Å². The molecule has 0 amide bonds. The van der Waals surface area contributed by atoms with Crippen molar-refractivity contribution >= 4 is 28.2 Å². The second kappa shape index (κ2) is 5.71. The Morgan fingerprint density at radius 2 is 2.07 bits per heavy atom. The van der Waals surface area contributed by atoms with Crippen molar-refractivity contribution in [2.75, 3.05) is 5.32 Å². The van der Waals surface area contributed by atoms with Crippen molar-refractivity contribution in [3.63, 3.8) is 0 Å². The summed E-state index contributed by atoms with van der Waals surface area (Å²) in [6.45, 7) is 0. The summed E-state index contributed by atoms with van der Waals surface area (Å²) in [5.74, 6) is 1.64. The minimum atomic E-state index is -0.468. The second-order valence-electron chi connectivity index (χ2n) is 8.39. The number of aromatic amines is 1. The average molecular weight is 393 g/mol. The molecule has 4 nitrogen and oxygen atoms in total. The van der Waals surface area contributed by atoms with Crippen molar-refractivity contribution in [2.24, 2.45) is 17.8 Å². The van der Waals surface area contributed by atoms with Gasteiger partial charge in [0.15, 0.2) is 0 Å². The molecule has 140 valence electrons. The van der Waals surface area contributed by atoms with Crippen LogP contribution in [0.5, 0.6) is 0 Å². The predicted molar refractivity (Wildman–Crippen MR) is 106 cm³/mol. The molecule has 2 bridgehead atoms. The lowest BCUT2D eigenvalue weighted by Crippen LogP contribution is -2.35. The SMILES string of the molecule is N#Cc1cc([C@@H]2Nc3c(Cl)cc4[nH]ncc4c3[C@H]3C4CCC(C4)[C@@H]23)ccc1F. The number of halogens is 2. The lowest BCUT2D eigenvalue weighted by atomic mass is 9.67. The summed E-state index contributed by atoms with van der Waals surface area (Å²) >= 11 is 6.68. The van der Waals surface area contributed by atoms with Crippen molar-refractivity contribution in [2.45, 2.75) is 31.2 Å². The van der Waals surface area contributed by atoms with Gasteiger partial charge < -0.3 is 5.32 Å². The number of aromatic nitrogens is 2. The number of hydrogen-bond acceptors (Lipinski definition) is 3. The van der Waals surface area contributed by atoms with Gasteiger partial charge in [0, 0.05) is 5.39 Å². The van der Waals surface area contributed by atoms with E-state index in [1.807, 2.05) is 24.4 Å². The monoisotopic (exact) mass is 392 g/mol. The van der Waals surface area contributed by atoms with Gasteiger partial charge in [0.2, 0.25) is 0 Å². The van der Waals surface area contributed by atoms with Crippen LogP contribution in [-0.4, -0.2) is 10.2 Å². The Kier molecular flexibility index (Phi) is 3.34. The van der Waals surface area contributed by atoms with Crippen molar-refractivity contribution in [3.05, 3.63) is 58.0 Å². The van der Waals surface area contributed by atoms with Crippen molar-refractivity contribution in [3.8, 4) is 6.07 Å². The van der Waals surface area contributed by atoms with Crippen LogP contribution in [0.15, 0.2) is 30.5 Å². The molecule has 2 fully saturated rings. The first-order valence-electron chi connectivity index (χ1n) is 9.77. The minimum Gasteiger partial charge on any atom is -0.376 e. The van der Waals surface area contributed by atoms with E-state index in [4.69, 9.17) is 11.6 Å². The molecule has 1 aliphatic heterocycles. The Morgan fingerprint density at radius 3 is 2.93 bits per heavy atom. The highest BCUT2D eigenvalue weighted by Gasteiger charge is 2.54. The molecule has 2 saturated carbocycles. The normalized spacial score (nSPS) is 30.0. The molecule has 2 aliphatic carbocycles. The predicted octanol–water partition coefficient (Wildman–Crippen LogP) is 5.52. The van der Waals surface area contributed by atoms with Gasteiger partial charge in [-0.2, -0.15) is 10.4 Å². The lowest BCUT2D eigenvalue weighted by Gasteiger charge is -2.44. The van der Waals surface area contributed by atoms with E-state index in [1.165, 1.54) is 30.9 Å². The Labute approximate surface area is 166 Å². The number of anilines is 1. The summed E-state index contributed by atoms with van der Waals surface area (Å²) in [7, 11) is 0. The summed E-state index contributed by atoms with van der Waals surface area (Å²) in [5, 5.41) is 22.1. The van der Waals surface area contributed by atoms with E-state index >= 15 is 0 Å². The first-order valence-corrected chi connectivity index (χ1v) is 10.1. The molecule has 0 saturated heterocycles. The molecule has 1 aromatic heterocycles. The van der Waals surface area contributed by atoms with E-state index in [0.29, 0.717) is 28.7 Å². The third kappa shape index (κ3) is 2.07. The number of fused-ring (bicyclic) bond motifs is 9. The molecular weight excluding hydrogens is 375 g/mol. The van der Waals surface area contributed by atoms with Gasteiger partial charge in [-0.05, 0) is 72.3 Å². The molecule has 0 spiro atoms. The molecule has 3 aromatic rings. The van der Waals surface area contributed by atoms with Crippen LogP contribution in [-0.2, 0) is 0 Å². The highest BCUT2D eigenvalue weighted by atomic mass is 35.5. The highest BCUT2D eigenvalue weighted by Crippen LogP contribution is 2.65. The molecule has 0 radical (unpaired) electrons. The summed E-state index contributed by atoms with van der Waals surface area (Å²) in [6.07, 6.45) is 5.61. The Balaban J connectivity index is 1.57. The summed E-state index contributed by atoms with van der Waals surface area (Å²) in [6, 6.07) is 8.85. The fourth-order valence-electron chi connectivity index (χ4n) is 6.20. The van der Waals surface area contributed by atoms with E-state index in [2.05, 4.69) is 15.5 Å². The molecule has 3 aliphatic rings. The van der Waals surface area contributed by atoms with Gasteiger partial charge in [0.1, 0.15) is 11.9 Å². The van der Waals surface area contributed by atoms with Crippen molar-refractivity contribution in [1.82, 2.24) is 10.2 Å². The van der Waals surface area contributed by atoms with Crippen LogP contribution in [0.1, 0.15) is 47.9 Å². The maximum absolute atomic E-state index is 13.9. The van der Waals surface area contributed by atoms with E-state index in [9.17, 15) is 9.65 Å². The first kappa shape index (κ1) is 16.4. The van der Waals surface area contributed by atoms with Gasteiger partial charge in [-0.15, -0.1) is 0 Å². The molecule has 2 N–H and O–H groups in total. The number of H-pyrrole nitrogens is 1. The number of rotatable bonds is 1. The van der Waals surface area contributed by atoms with E-state index < -0.39 is 5.82 Å². The molecule has 28 heavy (non-hydrogen) atoms. The third-order valence-corrected chi connectivity index (χ3v) is 7.50. The van der Waals surface area contributed by atoms with Crippen LogP contribution in [0.3, 0.4) is 0 Å². The fraction of sp³-hybridized carbons (Fsp3) is 0.364. The van der Waals surface area contributed by atoms with Gasteiger partial charge >= 0.3 is 0 Å². The van der Waals surface area contributed by atoms with Gasteiger partial charge in [-0.1, -0.05) is 17.7 Å². The van der Waals surface area contributed by atoms with Gasteiger partial charge in [-0.3, -0.25) is 5.10 Å². The van der Waals surface area contributed by atoms with Crippen LogP contribution in [0, 0.1) is 34.9 Å². The Hall–Kier alpha value is -2.58. The molecule has 2 heterocycles. The summed E-state index contributed by atoms with van der Waals surface area (Å²) < 4.78 is 13.9. The number of benzene rings is 2. The van der Waals surface area contributed by atoms with Crippen LogP contribution < -0.4 is 5.32 Å². The quantitative estimate of drug-likeness (QED) is 0.572. The maximum atomic E-state index is 13.9. The van der Waals surface area contributed by atoms with Gasteiger partial charge in [0.05, 0.1) is 34.0 Å². The minimum absolute atomic E-state index is 0.0300. The molecule has 2 unspecified atom stereocenters. The van der Waals surface area contributed by atoms with E-state index in [1.54, 1.807) is 6.07 Å². The zero-order valence-electron chi connectivity index (χ0n) is 15.0. The molecule has 5 atom stereocenters. The highest BCUT2D eigenvalue weighted by molar-refractivity contribution is 6.34. The Bertz CT molecular complexity index is 1160. The van der Waals surface area contributed by atoms with Crippen molar-refractivity contribution < 1.29 is 4.39 Å². The Morgan fingerprint density at radius 1 is 1.21 bits per heavy atom. The number of nitriles is 1. The van der Waals surface area contributed by atoms with Crippen LogP contribution >= 0.6 is 11.6 Å². The number of nitrogens with zero attached hydrogens (tertiary/aromatic N) is 2. The van der Waals surface area contributed by atoms with Gasteiger partial charge in [-0.25, -0.2) is 4.39 Å². The average Bonchev–Trinajstić information content (AvgIpc) is 3.44. The third-order valence-electron chi connectivity index (χ3n) is 7.21. The number of nitrogens with one attached hydrogen (secondary N) is 2. The van der Waals surface area contributed by atoms with Crippen molar-refractivity contribution in [1.29, 1.82) is 5.26 Å². The molecular formula is C22H18ClFN4. The standard InChI is InChI=1S/C22H18ClFN4/c23-15-7-17-14(9-26-28-17)20-18-10-1-2-11(5-10)19(18)21(27-22(15)20)12-3-4-16(24)13(6-12)8-25/h3-4,6-7,9-11,18-19,21,27H,1-2,5H2,(H,26,28)/t10?,11?,18-,19+,21-/m0/s1. The topological polar surface area (TPSA) is 64.5 Å². The summed E-state index contributed by atoms with van der Waals surface area (Å²) in [5.41, 5.74) is 4.29. The van der Waals surface area contributed by atoms with E-state index in [0.717, 1.165) is 22.2 Å². The summed E-state index contributed by atoms with van der Waals surface area (Å²) in [4.78, 5) is 0. The second-order valence-corrected chi connectivity index (χ2v) is 8.79. The molecule has 6 heteroatoms. The lowest BCUT2D eigenvalue weighted by molar-refractivity contribution is 0.249. The number of hydrogen-bond donors (Lipinski definition) is 2. The van der Waals surface area contributed by atoms with Crippen LogP contribution in [0.2, 0.25) is 5.02 Å². The smallest absolute Gasteiger partial charge is 0.140 e. The zero-order valence-corrected chi connectivity index (χ0v) is 15.8. The van der Waals surface area contributed by atoms with Crippen LogP contribution in [0.25, 0.3) is 10.9 Å². The van der Waals surface area contributed by atoms with Gasteiger partial charge in [0.25, 0.3) is 0 Å².